The van der Waals surface area contributed by atoms with Crippen LogP contribution in [0.15, 0.2) is 0 Å². The van der Waals surface area contributed by atoms with Crippen molar-refractivity contribution in [3.8, 4) is 0 Å². The molecule has 0 N–H and O–H groups in total. The monoisotopic (exact) mass is 109 g/mol. The molecule has 8 heavy (non-hydrogen) atoms. The first kappa shape index (κ1) is 6.15. The minimum Gasteiger partial charge on any atom is -0.307 e. The van der Waals surface area contributed by atoms with E-state index in [1.54, 1.807) is 0 Å². The van der Waals surface area contributed by atoms with E-state index in [0.29, 0.717) is 11.9 Å². The molecule has 1 nitrogen and oxygen atoms in total. The summed E-state index contributed by atoms with van der Waals surface area (Å²) < 4.78 is 0. The molecule has 1 saturated carbocycles. The minimum absolute atomic E-state index is 0.449. The van der Waals surface area contributed by atoms with Crippen LogP contribution in [-0.2, 0) is 0 Å². The predicted octanol–water partition coefficient (Wildman–Crippen LogP) is 0.667. The van der Waals surface area contributed by atoms with Gasteiger partial charge in [-0.15, -0.1) is 0 Å². The van der Waals surface area contributed by atoms with E-state index in [4.69, 9.17) is 7.85 Å². The van der Waals surface area contributed by atoms with Crippen molar-refractivity contribution >= 4 is 7.85 Å². The summed E-state index contributed by atoms with van der Waals surface area (Å²) in [5.74, 6) is 0.449. The first-order chi connectivity index (χ1) is 3.72. The summed E-state index contributed by atoms with van der Waals surface area (Å²) in [5, 5.41) is 0. The number of rotatable bonds is 1. The first-order valence-electron chi connectivity index (χ1n) is 3.14. The van der Waals surface area contributed by atoms with Crippen LogP contribution in [-0.4, -0.2) is 32.9 Å². The van der Waals surface area contributed by atoms with E-state index in [9.17, 15) is 0 Å². The van der Waals surface area contributed by atoms with Gasteiger partial charge >= 0.3 is 0 Å². The third kappa shape index (κ3) is 0.897. The van der Waals surface area contributed by atoms with Gasteiger partial charge in [0.25, 0.3) is 0 Å². The van der Waals surface area contributed by atoms with Crippen LogP contribution in [0.1, 0.15) is 12.8 Å². The van der Waals surface area contributed by atoms with Gasteiger partial charge in [-0.25, -0.2) is 0 Å². The van der Waals surface area contributed by atoms with Crippen molar-refractivity contribution in [2.75, 3.05) is 14.1 Å². The van der Waals surface area contributed by atoms with E-state index in [1.165, 1.54) is 12.8 Å². The highest BCUT2D eigenvalue weighted by Gasteiger charge is 2.27. The molecule has 44 valence electrons. The van der Waals surface area contributed by atoms with E-state index in [2.05, 4.69) is 19.0 Å². The SMILES string of the molecule is [B][C@@H]1CC[C@@H]1N(C)C. The fraction of sp³-hybridized carbons (Fsp3) is 1.00. The van der Waals surface area contributed by atoms with Crippen LogP contribution in [0.3, 0.4) is 0 Å². The second-order valence-corrected chi connectivity index (χ2v) is 2.77. The summed E-state index contributed by atoms with van der Waals surface area (Å²) in [6, 6.07) is 0.662. The summed E-state index contributed by atoms with van der Waals surface area (Å²) >= 11 is 0. The van der Waals surface area contributed by atoms with Gasteiger partial charge in [-0.2, -0.15) is 0 Å². The normalized spacial score (nSPS) is 37.4. The molecule has 1 aliphatic carbocycles. The fourth-order valence-electron chi connectivity index (χ4n) is 1.15. The van der Waals surface area contributed by atoms with Crippen LogP contribution in [0.4, 0.5) is 0 Å². The van der Waals surface area contributed by atoms with Gasteiger partial charge in [0.2, 0.25) is 0 Å². The van der Waals surface area contributed by atoms with Gasteiger partial charge in [0, 0.05) is 6.04 Å². The summed E-state index contributed by atoms with van der Waals surface area (Å²) in [5.41, 5.74) is 0. The van der Waals surface area contributed by atoms with Crippen molar-refractivity contribution in [3.05, 3.63) is 0 Å². The zero-order valence-electron chi connectivity index (χ0n) is 5.59. The van der Waals surface area contributed by atoms with Crippen molar-refractivity contribution in [1.82, 2.24) is 4.90 Å². The summed E-state index contributed by atoms with van der Waals surface area (Å²) in [6.45, 7) is 0. The van der Waals surface area contributed by atoms with E-state index < -0.39 is 0 Å². The van der Waals surface area contributed by atoms with E-state index in [1.807, 2.05) is 0 Å². The summed E-state index contributed by atoms with van der Waals surface area (Å²) in [6.07, 6.45) is 2.50. The molecule has 1 rings (SSSR count). The molecule has 0 unspecified atom stereocenters. The first-order valence-corrected chi connectivity index (χ1v) is 3.14. The Labute approximate surface area is 52.5 Å². The smallest absolute Gasteiger partial charge is 0.0720 e. The second-order valence-electron chi connectivity index (χ2n) is 2.77. The lowest BCUT2D eigenvalue weighted by molar-refractivity contribution is 0.195. The van der Waals surface area contributed by atoms with Gasteiger partial charge in [-0.1, -0.05) is 12.2 Å². The van der Waals surface area contributed by atoms with Crippen LogP contribution in [0.25, 0.3) is 0 Å². The second kappa shape index (κ2) is 2.10. The molecule has 2 atom stereocenters. The molecule has 1 aliphatic rings. The standard InChI is InChI=1S/C6H12BN/c1-8(2)6-4-3-5(6)7/h5-6H,3-4H2,1-2H3/t5-,6+/m1/s1. The molecule has 0 saturated heterocycles. The van der Waals surface area contributed by atoms with Crippen LogP contribution in [0, 0.1) is 0 Å². The maximum atomic E-state index is 5.68. The molecule has 0 heterocycles. The molecule has 1 fully saturated rings. The van der Waals surface area contributed by atoms with E-state index in [0.717, 1.165) is 0 Å². The van der Waals surface area contributed by atoms with E-state index >= 15 is 0 Å². The Balaban J connectivity index is 2.26. The van der Waals surface area contributed by atoms with Gasteiger partial charge in [-0.05, 0) is 20.5 Å². The van der Waals surface area contributed by atoms with Crippen molar-refractivity contribution in [2.45, 2.75) is 24.7 Å². The third-order valence-electron chi connectivity index (χ3n) is 1.95. The Hall–Kier alpha value is 0.0249. The Kier molecular flexibility index (Phi) is 1.61. The van der Waals surface area contributed by atoms with Crippen molar-refractivity contribution < 1.29 is 0 Å². The highest BCUT2D eigenvalue weighted by molar-refractivity contribution is 6.12. The van der Waals surface area contributed by atoms with Crippen LogP contribution in [0.5, 0.6) is 0 Å². The maximum Gasteiger partial charge on any atom is 0.0720 e. The highest BCUT2D eigenvalue weighted by atomic mass is 15.1. The van der Waals surface area contributed by atoms with Gasteiger partial charge in [-0.3, -0.25) is 0 Å². The van der Waals surface area contributed by atoms with Gasteiger partial charge < -0.3 is 4.90 Å². The van der Waals surface area contributed by atoms with Gasteiger partial charge in [0.1, 0.15) is 0 Å². The quantitative estimate of drug-likeness (QED) is 0.447. The molecule has 0 aromatic rings. The molecular weight excluding hydrogens is 96.9 g/mol. The molecule has 0 aromatic carbocycles. The average molecular weight is 109 g/mol. The topological polar surface area (TPSA) is 3.24 Å². The molecule has 2 heteroatoms. The molecule has 0 bridgehead atoms. The van der Waals surface area contributed by atoms with Gasteiger partial charge in [0.05, 0.1) is 7.85 Å². The maximum absolute atomic E-state index is 5.68. The van der Waals surface area contributed by atoms with Crippen molar-refractivity contribution in [3.63, 3.8) is 0 Å². The predicted molar refractivity (Wildman–Crippen MR) is 36.2 cm³/mol. The largest absolute Gasteiger partial charge is 0.307 e. The average Bonchev–Trinajstić information content (AvgIpc) is 1.61. The van der Waals surface area contributed by atoms with Gasteiger partial charge in [0.15, 0.2) is 0 Å². The Bertz CT molecular complexity index is 77.8. The lowest BCUT2D eigenvalue weighted by Gasteiger charge is -2.39. The van der Waals surface area contributed by atoms with Crippen molar-refractivity contribution in [2.24, 2.45) is 0 Å². The number of nitrogens with zero attached hydrogens (tertiary/aromatic N) is 1. The Morgan fingerprint density at radius 1 is 1.38 bits per heavy atom. The number of hydrogen-bond donors (Lipinski definition) is 0. The summed E-state index contributed by atoms with van der Waals surface area (Å²) in [4.78, 5) is 2.20. The fourth-order valence-corrected chi connectivity index (χ4v) is 1.15. The summed E-state index contributed by atoms with van der Waals surface area (Å²) in [7, 11) is 9.86. The molecule has 0 spiro atoms. The zero-order valence-corrected chi connectivity index (χ0v) is 5.59. The Morgan fingerprint density at radius 3 is 2.00 bits per heavy atom. The van der Waals surface area contributed by atoms with Crippen molar-refractivity contribution in [1.29, 1.82) is 0 Å². The van der Waals surface area contributed by atoms with Crippen LogP contribution >= 0.6 is 0 Å². The molecule has 0 amide bonds. The minimum atomic E-state index is 0.449. The zero-order chi connectivity index (χ0) is 6.15. The molecule has 2 radical (unpaired) electrons. The number of hydrogen-bond acceptors (Lipinski definition) is 1. The lowest BCUT2D eigenvalue weighted by Crippen LogP contribution is -2.39. The van der Waals surface area contributed by atoms with E-state index in [-0.39, 0.29) is 0 Å². The highest BCUT2D eigenvalue weighted by Crippen LogP contribution is 2.32. The molecule has 0 aliphatic heterocycles. The Morgan fingerprint density at radius 2 is 2.00 bits per heavy atom. The molecular formula is C6H12BN. The lowest BCUT2D eigenvalue weighted by atomic mass is 9.66. The third-order valence-corrected chi connectivity index (χ3v) is 1.95. The molecule has 0 aromatic heterocycles. The van der Waals surface area contributed by atoms with Crippen LogP contribution < -0.4 is 0 Å². The van der Waals surface area contributed by atoms with Crippen LogP contribution in [0.2, 0.25) is 5.82 Å².